The van der Waals surface area contributed by atoms with Crippen molar-refractivity contribution in [2.24, 2.45) is 0 Å². The number of benzene rings is 1. The highest BCUT2D eigenvalue weighted by Crippen LogP contribution is 2.26. The van der Waals surface area contributed by atoms with E-state index in [4.69, 9.17) is 12.2 Å². The summed E-state index contributed by atoms with van der Waals surface area (Å²) in [5.41, 5.74) is 3.61. The first-order chi connectivity index (χ1) is 12.3. The Morgan fingerprint density at radius 1 is 1.23 bits per heavy atom. The molecule has 0 spiro atoms. The Balaban J connectivity index is 2.06. The topological polar surface area (TPSA) is 54.3 Å². The number of nitrogens with zero attached hydrogens (tertiary/aromatic N) is 2. The third kappa shape index (κ3) is 3.24. The molecule has 1 fully saturated rings. The molecule has 3 rings (SSSR count). The summed E-state index contributed by atoms with van der Waals surface area (Å²) in [4.78, 5) is 26.8. The standard InChI is InChI=1S/C19H18BrN3O2S/c1-4-22-11(2)8-13(12(22)3)9-16-17(24)21-19(26)23(18(16)25)15-7-5-6-14(20)10-15/h5-10H,4H2,1-3H3,(H,21,24,26). The molecule has 5 nitrogen and oxygen atoms in total. The predicted molar refractivity (Wildman–Crippen MR) is 110 cm³/mol. The van der Waals surface area contributed by atoms with Crippen molar-refractivity contribution in [1.82, 2.24) is 9.88 Å². The lowest BCUT2D eigenvalue weighted by molar-refractivity contribution is -0.122. The van der Waals surface area contributed by atoms with E-state index in [9.17, 15) is 9.59 Å². The Morgan fingerprint density at radius 3 is 2.58 bits per heavy atom. The molecule has 2 heterocycles. The number of amides is 2. The normalized spacial score (nSPS) is 16.4. The molecule has 0 atom stereocenters. The average Bonchev–Trinajstić information content (AvgIpc) is 2.84. The van der Waals surface area contributed by atoms with Crippen LogP contribution >= 0.6 is 28.1 Å². The van der Waals surface area contributed by atoms with Gasteiger partial charge in [0.25, 0.3) is 11.8 Å². The van der Waals surface area contributed by atoms with E-state index in [0.29, 0.717) is 5.69 Å². The molecule has 1 aromatic carbocycles. The van der Waals surface area contributed by atoms with Gasteiger partial charge in [0.05, 0.1) is 5.69 Å². The van der Waals surface area contributed by atoms with Crippen molar-refractivity contribution in [1.29, 1.82) is 0 Å². The molecule has 1 aliphatic rings. The Kier molecular flexibility index (Phi) is 5.11. The molecule has 7 heteroatoms. The van der Waals surface area contributed by atoms with Crippen LogP contribution in [0.3, 0.4) is 0 Å². The molecule has 1 aliphatic heterocycles. The fraction of sp³-hybridized carbons (Fsp3) is 0.211. The van der Waals surface area contributed by atoms with Gasteiger partial charge in [-0.15, -0.1) is 0 Å². The number of carbonyl (C=O) groups excluding carboxylic acids is 2. The summed E-state index contributed by atoms with van der Waals surface area (Å²) in [6.45, 7) is 6.87. The van der Waals surface area contributed by atoms with Crippen LogP contribution in [0.15, 0.2) is 40.4 Å². The third-order valence-corrected chi connectivity index (χ3v) is 5.17. The number of thiocarbonyl (C=S) groups is 1. The molecular weight excluding hydrogens is 414 g/mol. The monoisotopic (exact) mass is 431 g/mol. The molecule has 2 amide bonds. The highest BCUT2D eigenvalue weighted by molar-refractivity contribution is 9.10. The summed E-state index contributed by atoms with van der Waals surface area (Å²) in [7, 11) is 0. The first-order valence-electron chi connectivity index (χ1n) is 8.17. The number of rotatable bonds is 3. The van der Waals surface area contributed by atoms with Gasteiger partial charge in [-0.1, -0.05) is 22.0 Å². The fourth-order valence-electron chi connectivity index (χ4n) is 3.12. The number of carbonyl (C=O) groups is 2. The Morgan fingerprint density at radius 2 is 1.96 bits per heavy atom. The fourth-order valence-corrected chi connectivity index (χ4v) is 3.79. The number of halogens is 1. The Labute approximate surface area is 165 Å². The highest BCUT2D eigenvalue weighted by Gasteiger charge is 2.34. The first-order valence-corrected chi connectivity index (χ1v) is 9.37. The lowest BCUT2D eigenvalue weighted by atomic mass is 10.1. The maximum atomic E-state index is 13.0. The molecule has 0 unspecified atom stereocenters. The van der Waals surface area contributed by atoms with Crippen LogP contribution in [0, 0.1) is 13.8 Å². The van der Waals surface area contributed by atoms with Gasteiger partial charge in [-0.2, -0.15) is 0 Å². The van der Waals surface area contributed by atoms with Gasteiger partial charge in [0.1, 0.15) is 5.57 Å². The zero-order valence-electron chi connectivity index (χ0n) is 14.7. The number of nitrogens with one attached hydrogen (secondary N) is 1. The van der Waals surface area contributed by atoms with Crippen LogP contribution in [0.5, 0.6) is 0 Å². The SMILES string of the molecule is CCn1c(C)cc(C=C2C(=O)NC(=S)N(c3cccc(Br)c3)C2=O)c1C. The number of aryl methyl sites for hydroxylation is 1. The van der Waals surface area contributed by atoms with E-state index in [-0.39, 0.29) is 10.7 Å². The van der Waals surface area contributed by atoms with E-state index in [2.05, 4.69) is 32.7 Å². The van der Waals surface area contributed by atoms with Gasteiger partial charge in [-0.05, 0) is 68.9 Å². The minimum atomic E-state index is -0.479. The largest absolute Gasteiger partial charge is 0.349 e. The summed E-state index contributed by atoms with van der Waals surface area (Å²) in [6, 6.07) is 9.19. The van der Waals surface area contributed by atoms with Crippen molar-refractivity contribution in [3.05, 3.63) is 57.3 Å². The minimum absolute atomic E-state index is 0.0647. The molecule has 0 saturated carbocycles. The van der Waals surface area contributed by atoms with Gasteiger partial charge < -0.3 is 4.57 Å². The van der Waals surface area contributed by atoms with Gasteiger partial charge >= 0.3 is 0 Å². The quantitative estimate of drug-likeness (QED) is 0.457. The molecule has 134 valence electrons. The van der Waals surface area contributed by atoms with E-state index in [0.717, 1.165) is 28.0 Å². The highest BCUT2D eigenvalue weighted by atomic mass is 79.9. The summed E-state index contributed by atoms with van der Waals surface area (Å²) in [6.07, 6.45) is 1.64. The van der Waals surface area contributed by atoms with Crippen LogP contribution in [0.25, 0.3) is 6.08 Å². The second kappa shape index (κ2) is 7.17. The maximum absolute atomic E-state index is 13.0. The maximum Gasteiger partial charge on any atom is 0.270 e. The molecular formula is C19H18BrN3O2S. The van der Waals surface area contributed by atoms with Crippen molar-refractivity contribution in [2.75, 3.05) is 4.90 Å². The van der Waals surface area contributed by atoms with E-state index in [1.54, 1.807) is 18.2 Å². The van der Waals surface area contributed by atoms with Crippen LogP contribution in [0.2, 0.25) is 0 Å². The molecule has 1 N–H and O–H groups in total. The zero-order chi connectivity index (χ0) is 19.0. The number of anilines is 1. The molecule has 0 radical (unpaired) electrons. The van der Waals surface area contributed by atoms with Crippen LogP contribution in [0.1, 0.15) is 23.9 Å². The van der Waals surface area contributed by atoms with Crippen LogP contribution < -0.4 is 10.2 Å². The van der Waals surface area contributed by atoms with E-state index >= 15 is 0 Å². The van der Waals surface area contributed by atoms with Gasteiger partial charge in [-0.3, -0.25) is 19.8 Å². The van der Waals surface area contributed by atoms with Gasteiger partial charge in [0.15, 0.2) is 5.11 Å². The smallest absolute Gasteiger partial charge is 0.270 e. The van der Waals surface area contributed by atoms with Gasteiger partial charge in [0.2, 0.25) is 0 Å². The number of hydrogen-bond donors (Lipinski definition) is 1. The summed E-state index contributed by atoms with van der Waals surface area (Å²) in [5.74, 6) is -0.911. The molecule has 1 aromatic heterocycles. The van der Waals surface area contributed by atoms with Gasteiger partial charge in [-0.25, -0.2) is 0 Å². The van der Waals surface area contributed by atoms with E-state index < -0.39 is 11.8 Å². The van der Waals surface area contributed by atoms with Gasteiger partial charge in [0, 0.05) is 22.4 Å². The second-order valence-electron chi connectivity index (χ2n) is 6.01. The van der Waals surface area contributed by atoms with Crippen LogP contribution in [0.4, 0.5) is 5.69 Å². The number of hydrogen-bond acceptors (Lipinski definition) is 3. The van der Waals surface area contributed by atoms with E-state index in [1.807, 2.05) is 32.0 Å². The van der Waals surface area contributed by atoms with Crippen molar-refractivity contribution >= 4 is 56.8 Å². The van der Waals surface area contributed by atoms with Crippen molar-refractivity contribution < 1.29 is 9.59 Å². The second-order valence-corrected chi connectivity index (χ2v) is 7.31. The Bertz CT molecular complexity index is 962. The van der Waals surface area contributed by atoms with E-state index in [1.165, 1.54) is 4.90 Å². The van der Waals surface area contributed by atoms with Crippen molar-refractivity contribution in [2.45, 2.75) is 27.3 Å². The van der Waals surface area contributed by atoms with Crippen LogP contribution in [-0.4, -0.2) is 21.5 Å². The third-order valence-electron chi connectivity index (χ3n) is 4.40. The molecule has 0 aliphatic carbocycles. The lowest BCUT2D eigenvalue weighted by Gasteiger charge is -2.29. The minimum Gasteiger partial charge on any atom is -0.349 e. The van der Waals surface area contributed by atoms with Crippen molar-refractivity contribution in [3.8, 4) is 0 Å². The summed E-state index contributed by atoms with van der Waals surface area (Å²) in [5, 5.41) is 2.69. The molecule has 26 heavy (non-hydrogen) atoms. The molecule has 2 aromatic rings. The zero-order valence-corrected chi connectivity index (χ0v) is 17.1. The predicted octanol–water partition coefficient (Wildman–Crippen LogP) is 3.72. The molecule has 0 bridgehead atoms. The van der Waals surface area contributed by atoms with Crippen molar-refractivity contribution in [3.63, 3.8) is 0 Å². The summed E-state index contributed by atoms with van der Waals surface area (Å²) >= 11 is 8.61. The Hall–Kier alpha value is -2.25. The first kappa shape index (κ1) is 18.5. The number of aromatic nitrogens is 1. The average molecular weight is 432 g/mol. The summed E-state index contributed by atoms with van der Waals surface area (Å²) < 4.78 is 2.95. The van der Waals surface area contributed by atoms with Crippen LogP contribution in [-0.2, 0) is 16.1 Å². The molecule has 1 saturated heterocycles. The lowest BCUT2D eigenvalue weighted by Crippen LogP contribution is -2.54.